The molecule has 0 aliphatic heterocycles. The lowest BCUT2D eigenvalue weighted by atomic mass is 10.1. The molecule has 30 heavy (non-hydrogen) atoms. The number of hydrogen-bond acceptors (Lipinski definition) is 6. The lowest BCUT2D eigenvalue weighted by molar-refractivity contribution is -0.116. The molecule has 0 spiro atoms. The van der Waals surface area contributed by atoms with E-state index in [1.165, 1.54) is 25.3 Å². The van der Waals surface area contributed by atoms with Gasteiger partial charge in [-0.25, -0.2) is 22.2 Å². The van der Waals surface area contributed by atoms with Crippen LogP contribution in [0.5, 0.6) is 5.75 Å². The highest BCUT2D eigenvalue weighted by Gasteiger charge is 2.16. The lowest BCUT2D eigenvalue weighted by Gasteiger charge is -2.06. The van der Waals surface area contributed by atoms with E-state index in [0.29, 0.717) is 5.75 Å². The van der Waals surface area contributed by atoms with Crippen molar-refractivity contribution in [1.82, 2.24) is 4.98 Å². The third-order valence-electron chi connectivity index (χ3n) is 4.19. The molecule has 1 N–H and O–H groups in total. The molecule has 0 radical (unpaired) electrons. The number of aromatic nitrogens is 1. The fourth-order valence-electron chi connectivity index (χ4n) is 2.66. The van der Waals surface area contributed by atoms with Crippen LogP contribution in [0.1, 0.15) is 12.8 Å². The molecular weight excluding hydrogens is 434 g/mol. The van der Waals surface area contributed by atoms with Crippen LogP contribution in [0.3, 0.4) is 0 Å². The SMILES string of the molecule is COc1ccc(S(=O)(=O)CCCC(=O)Nc2nc(-c3ccc(F)cc3F)cs2)cc1. The maximum absolute atomic E-state index is 13.8. The van der Waals surface area contributed by atoms with Gasteiger partial charge in [0.05, 0.1) is 23.5 Å². The number of benzene rings is 2. The van der Waals surface area contributed by atoms with Gasteiger partial charge < -0.3 is 10.1 Å². The first-order valence-electron chi connectivity index (χ1n) is 8.86. The van der Waals surface area contributed by atoms with Crippen LogP contribution in [-0.2, 0) is 14.6 Å². The fourth-order valence-corrected chi connectivity index (χ4v) is 4.70. The number of sulfone groups is 1. The van der Waals surface area contributed by atoms with Gasteiger partial charge >= 0.3 is 0 Å². The van der Waals surface area contributed by atoms with E-state index >= 15 is 0 Å². The van der Waals surface area contributed by atoms with Crippen molar-refractivity contribution < 1.29 is 26.7 Å². The number of carbonyl (C=O) groups excluding carboxylic acids is 1. The summed E-state index contributed by atoms with van der Waals surface area (Å²) in [6.07, 6.45) is 0.111. The quantitative estimate of drug-likeness (QED) is 0.551. The van der Waals surface area contributed by atoms with E-state index in [-0.39, 0.29) is 39.9 Å². The van der Waals surface area contributed by atoms with Gasteiger partial charge in [0.1, 0.15) is 17.4 Å². The van der Waals surface area contributed by atoms with Gasteiger partial charge in [0.25, 0.3) is 0 Å². The van der Waals surface area contributed by atoms with Crippen molar-refractivity contribution in [3.05, 3.63) is 59.5 Å². The largest absolute Gasteiger partial charge is 0.497 e. The zero-order chi connectivity index (χ0) is 21.7. The highest BCUT2D eigenvalue weighted by atomic mass is 32.2. The summed E-state index contributed by atoms with van der Waals surface area (Å²) in [5.74, 6) is -1.47. The van der Waals surface area contributed by atoms with Crippen molar-refractivity contribution in [2.75, 3.05) is 18.2 Å². The lowest BCUT2D eigenvalue weighted by Crippen LogP contribution is -2.14. The number of thiazole rings is 1. The normalized spacial score (nSPS) is 11.3. The fraction of sp³-hybridized carbons (Fsp3) is 0.200. The molecule has 0 unspecified atom stereocenters. The topological polar surface area (TPSA) is 85.4 Å². The Morgan fingerprint density at radius 2 is 1.90 bits per heavy atom. The highest BCUT2D eigenvalue weighted by molar-refractivity contribution is 7.91. The Morgan fingerprint density at radius 1 is 1.17 bits per heavy atom. The maximum Gasteiger partial charge on any atom is 0.226 e. The number of ether oxygens (including phenoxy) is 1. The Morgan fingerprint density at radius 3 is 2.57 bits per heavy atom. The van der Waals surface area contributed by atoms with E-state index in [1.807, 2.05) is 0 Å². The molecule has 1 heterocycles. The van der Waals surface area contributed by atoms with Crippen molar-refractivity contribution in [2.45, 2.75) is 17.7 Å². The maximum atomic E-state index is 13.8. The highest BCUT2D eigenvalue weighted by Crippen LogP contribution is 2.27. The van der Waals surface area contributed by atoms with E-state index in [0.717, 1.165) is 23.5 Å². The molecule has 1 amide bonds. The van der Waals surface area contributed by atoms with Crippen molar-refractivity contribution >= 4 is 32.2 Å². The number of carbonyl (C=O) groups is 1. The molecule has 6 nitrogen and oxygen atoms in total. The van der Waals surface area contributed by atoms with Crippen molar-refractivity contribution in [3.63, 3.8) is 0 Å². The van der Waals surface area contributed by atoms with Crippen molar-refractivity contribution in [2.24, 2.45) is 0 Å². The van der Waals surface area contributed by atoms with Crippen molar-refractivity contribution in [3.8, 4) is 17.0 Å². The smallest absolute Gasteiger partial charge is 0.226 e. The van der Waals surface area contributed by atoms with Crippen LogP contribution in [0, 0.1) is 11.6 Å². The Bertz CT molecular complexity index is 1150. The van der Waals surface area contributed by atoms with Gasteiger partial charge in [-0.15, -0.1) is 11.3 Å². The number of anilines is 1. The zero-order valence-electron chi connectivity index (χ0n) is 15.9. The summed E-state index contributed by atoms with van der Waals surface area (Å²) in [6.45, 7) is 0. The van der Waals surface area contributed by atoms with Gasteiger partial charge in [-0.05, 0) is 42.8 Å². The van der Waals surface area contributed by atoms with E-state index in [1.54, 1.807) is 17.5 Å². The molecule has 158 valence electrons. The van der Waals surface area contributed by atoms with Crippen LogP contribution in [0.4, 0.5) is 13.9 Å². The molecule has 0 fully saturated rings. The zero-order valence-corrected chi connectivity index (χ0v) is 17.5. The predicted octanol–water partition coefficient (Wildman–Crippen LogP) is 4.29. The molecule has 1 aromatic heterocycles. The molecule has 0 aliphatic carbocycles. The molecule has 3 aromatic rings. The van der Waals surface area contributed by atoms with Crippen LogP contribution < -0.4 is 10.1 Å². The van der Waals surface area contributed by atoms with Crippen LogP contribution in [0.2, 0.25) is 0 Å². The van der Waals surface area contributed by atoms with Gasteiger partial charge in [0.15, 0.2) is 15.0 Å². The van der Waals surface area contributed by atoms with E-state index in [2.05, 4.69) is 10.3 Å². The van der Waals surface area contributed by atoms with Crippen LogP contribution in [-0.4, -0.2) is 32.2 Å². The first-order chi connectivity index (χ1) is 14.3. The summed E-state index contributed by atoms with van der Waals surface area (Å²) in [5.41, 5.74) is 0.397. The molecule has 10 heteroatoms. The third kappa shape index (κ3) is 5.39. The minimum atomic E-state index is -3.51. The summed E-state index contributed by atoms with van der Waals surface area (Å²) in [7, 11) is -2.03. The summed E-state index contributed by atoms with van der Waals surface area (Å²) in [4.78, 5) is 16.4. The van der Waals surface area contributed by atoms with E-state index < -0.39 is 27.4 Å². The number of amides is 1. The minimum Gasteiger partial charge on any atom is -0.497 e. The average molecular weight is 453 g/mol. The minimum absolute atomic E-state index is 0.0186. The number of rotatable bonds is 8. The number of nitrogens with one attached hydrogen (secondary N) is 1. The van der Waals surface area contributed by atoms with Crippen LogP contribution in [0.15, 0.2) is 52.7 Å². The molecule has 0 saturated heterocycles. The molecule has 0 saturated carbocycles. The molecule has 0 bridgehead atoms. The van der Waals surface area contributed by atoms with E-state index in [9.17, 15) is 22.0 Å². The van der Waals surface area contributed by atoms with Crippen LogP contribution in [0.25, 0.3) is 11.3 Å². The predicted molar refractivity (Wildman–Crippen MR) is 110 cm³/mol. The Kier molecular flexibility index (Phi) is 6.78. The van der Waals surface area contributed by atoms with Gasteiger partial charge in [-0.1, -0.05) is 0 Å². The first kappa shape index (κ1) is 21.8. The van der Waals surface area contributed by atoms with E-state index in [4.69, 9.17) is 4.74 Å². The Hall–Kier alpha value is -2.85. The standard InChI is InChI=1S/C20H18F2N2O4S2/c1-28-14-5-7-15(8-6-14)30(26,27)10-2-3-19(25)24-20-23-18(12-29-20)16-9-4-13(21)11-17(16)22/h4-9,11-12H,2-3,10H2,1H3,(H,23,24,25). The second-order valence-corrected chi connectivity index (χ2v) is 9.28. The summed E-state index contributed by atoms with van der Waals surface area (Å²) in [6, 6.07) is 9.19. The first-order valence-corrected chi connectivity index (χ1v) is 11.4. The molecule has 0 atom stereocenters. The molecule has 0 aliphatic rings. The van der Waals surface area contributed by atoms with Gasteiger partial charge in [-0.3, -0.25) is 4.79 Å². The number of nitrogens with zero attached hydrogens (tertiary/aromatic N) is 1. The molecular formula is C20H18F2N2O4S2. The average Bonchev–Trinajstić information content (AvgIpc) is 3.15. The number of methoxy groups -OCH3 is 1. The Labute approximate surface area is 176 Å². The molecule has 3 rings (SSSR count). The second kappa shape index (κ2) is 9.31. The summed E-state index contributed by atoms with van der Waals surface area (Å²) < 4.78 is 56.6. The second-order valence-electron chi connectivity index (χ2n) is 6.31. The van der Waals surface area contributed by atoms with Gasteiger partial charge in [0, 0.05) is 23.4 Å². The summed E-state index contributed by atoms with van der Waals surface area (Å²) in [5, 5.41) is 4.35. The van der Waals surface area contributed by atoms with Gasteiger partial charge in [0.2, 0.25) is 5.91 Å². The number of halogens is 2. The van der Waals surface area contributed by atoms with Crippen LogP contribution >= 0.6 is 11.3 Å². The summed E-state index contributed by atoms with van der Waals surface area (Å²) >= 11 is 1.09. The third-order valence-corrected chi connectivity index (χ3v) is 6.77. The van der Waals surface area contributed by atoms with Gasteiger partial charge in [-0.2, -0.15) is 0 Å². The Balaban J connectivity index is 1.54. The monoisotopic (exact) mass is 452 g/mol. The number of hydrogen-bond donors (Lipinski definition) is 1. The van der Waals surface area contributed by atoms with Crippen molar-refractivity contribution in [1.29, 1.82) is 0 Å². The molecule has 2 aromatic carbocycles.